The molecule has 0 amide bonds. The topological polar surface area (TPSA) is 42.1 Å². The zero-order chi connectivity index (χ0) is 9.84. The monoisotopic (exact) mass is 179 g/mol. The fourth-order valence-corrected chi connectivity index (χ4v) is 1.04. The lowest BCUT2D eigenvalue weighted by molar-refractivity contribution is 0.742. The third kappa shape index (κ3) is 2.42. The minimum absolute atomic E-state index is 0.459. The Labute approximate surface area is 79.6 Å². The maximum Gasteiger partial charge on any atom is 0.128 e. The van der Waals surface area contributed by atoms with E-state index in [1.54, 1.807) is 6.20 Å². The molecule has 0 aliphatic heterocycles. The first-order valence-corrected chi connectivity index (χ1v) is 4.53. The van der Waals surface area contributed by atoms with Crippen molar-refractivity contribution in [1.82, 2.24) is 4.98 Å². The Morgan fingerprint density at radius 3 is 2.77 bits per heavy atom. The largest absolute Gasteiger partial charge is 0.357 e. The predicted octanol–water partition coefficient (Wildman–Crippen LogP) is 1.38. The highest BCUT2D eigenvalue weighted by Crippen LogP contribution is 2.12. The number of nitrogens with two attached hydrogens (primary N) is 1. The van der Waals surface area contributed by atoms with Crippen LogP contribution >= 0.6 is 0 Å². The number of anilines is 1. The summed E-state index contributed by atoms with van der Waals surface area (Å²) in [5.41, 5.74) is 6.67. The van der Waals surface area contributed by atoms with Crippen LogP contribution in [-0.2, 0) is 6.54 Å². The van der Waals surface area contributed by atoms with E-state index in [0.29, 0.717) is 12.6 Å². The van der Waals surface area contributed by atoms with Gasteiger partial charge in [-0.2, -0.15) is 0 Å². The number of hydrogen-bond acceptors (Lipinski definition) is 3. The van der Waals surface area contributed by atoms with Crippen molar-refractivity contribution < 1.29 is 0 Å². The minimum atomic E-state index is 0.459. The summed E-state index contributed by atoms with van der Waals surface area (Å²) in [4.78, 5) is 6.40. The summed E-state index contributed by atoms with van der Waals surface area (Å²) in [6, 6.07) is 4.43. The van der Waals surface area contributed by atoms with E-state index in [0.717, 1.165) is 11.4 Å². The molecule has 1 rings (SSSR count). The Kier molecular flexibility index (Phi) is 3.25. The first kappa shape index (κ1) is 9.99. The van der Waals surface area contributed by atoms with E-state index in [1.807, 2.05) is 19.2 Å². The van der Waals surface area contributed by atoms with Gasteiger partial charge in [-0.25, -0.2) is 4.98 Å². The van der Waals surface area contributed by atoms with Crippen LogP contribution in [0.15, 0.2) is 18.3 Å². The van der Waals surface area contributed by atoms with Crippen LogP contribution in [-0.4, -0.2) is 18.1 Å². The fraction of sp³-hybridized carbons (Fsp3) is 0.500. The first-order chi connectivity index (χ1) is 6.15. The van der Waals surface area contributed by atoms with Crippen LogP contribution in [0.25, 0.3) is 0 Å². The molecule has 0 aliphatic carbocycles. The van der Waals surface area contributed by atoms with E-state index in [9.17, 15) is 0 Å². The SMILES string of the molecule is CC(C)N(C)c1cc(CN)ccn1. The quantitative estimate of drug-likeness (QED) is 0.762. The van der Waals surface area contributed by atoms with Crippen LogP contribution < -0.4 is 10.6 Å². The van der Waals surface area contributed by atoms with Crippen molar-refractivity contribution >= 4 is 5.82 Å². The molecule has 0 atom stereocenters. The summed E-state index contributed by atoms with van der Waals surface area (Å²) >= 11 is 0. The molecule has 0 aromatic carbocycles. The van der Waals surface area contributed by atoms with E-state index in [2.05, 4.69) is 23.7 Å². The highest BCUT2D eigenvalue weighted by Gasteiger charge is 2.05. The standard InChI is InChI=1S/C10H17N3/c1-8(2)13(3)10-6-9(7-11)4-5-12-10/h4-6,8H,7,11H2,1-3H3. The van der Waals surface area contributed by atoms with E-state index in [1.165, 1.54) is 0 Å². The van der Waals surface area contributed by atoms with Crippen LogP contribution in [0.1, 0.15) is 19.4 Å². The smallest absolute Gasteiger partial charge is 0.128 e. The van der Waals surface area contributed by atoms with Gasteiger partial charge in [-0.05, 0) is 31.5 Å². The number of nitrogens with zero attached hydrogens (tertiary/aromatic N) is 2. The molecule has 0 saturated heterocycles. The van der Waals surface area contributed by atoms with Crippen molar-refractivity contribution in [3.05, 3.63) is 23.9 Å². The molecule has 13 heavy (non-hydrogen) atoms. The average Bonchev–Trinajstić information content (AvgIpc) is 2.16. The second-order valence-electron chi connectivity index (χ2n) is 3.43. The van der Waals surface area contributed by atoms with Gasteiger partial charge in [0, 0.05) is 25.8 Å². The van der Waals surface area contributed by atoms with E-state index in [-0.39, 0.29) is 0 Å². The lowest BCUT2D eigenvalue weighted by Gasteiger charge is -2.22. The summed E-state index contributed by atoms with van der Waals surface area (Å²) in [5, 5.41) is 0. The summed E-state index contributed by atoms with van der Waals surface area (Å²) in [6.45, 7) is 4.84. The van der Waals surface area contributed by atoms with Crippen LogP contribution in [0.5, 0.6) is 0 Å². The van der Waals surface area contributed by atoms with Gasteiger partial charge in [-0.3, -0.25) is 0 Å². The molecule has 1 aromatic heterocycles. The van der Waals surface area contributed by atoms with E-state index in [4.69, 9.17) is 5.73 Å². The van der Waals surface area contributed by atoms with Crippen LogP contribution in [0.2, 0.25) is 0 Å². The molecule has 0 bridgehead atoms. The Morgan fingerprint density at radius 2 is 2.23 bits per heavy atom. The van der Waals surface area contributed by atoms with Crippen molar-refractivity contribution in [2.45, 2.75) is 26.4 Å². The van der Waals surface area contributed by atoms with Crippen LogP contribution in [0.3, 0.4) is 0 Å². The lowest BCUT2D eigenvalue weighted by Crippen LogP contribution is -2.26. The molecule has 1 heterocycles. The van der Waals surface area contributed by atoms with Gasteiger partial charge in [-0.15, -0.1) is 0 Å². The van der Waals surface area contributed by atoms with Gasteiger partial charge >= 0.3 is 0 Å². The minimum Gasteiger partial charge on any atom is -0.357 e. The molecule has 0 saturated carbocycles. The summed E-state index contributed by atoms with van der Waals surface area (Å²) in [6.07, 6.45) is 1.80. The van der Waals surface area contributed by atoms with Gasteiger partial charge in [0.1, 0.15) is 5.82 Å². The van der Waals surface area contributed by atoms with Crippen LogP contribution in [0.4, 0.5) is 5.82 Å². The Morgan fingerprint density at radius 1 is 1.54 bits per heavy atom. The molecule has 72 valence electrons. The molecule has 0 unspecified atom stereocenters. The maximum atomic E-state index is 5.55. The molecular weight excluding hydrogens is 162 g/mol. The zero-order valence-electron chi connectivity index (χ0n) is 8.49. The Hall–Kier alpha value is -1.09. The van der Waals surface area contributed by atoms with E-state index < -0.39 is 0 Å². The summed E-state index contributed by atoms with van der Waals surface area (Å²) in [5.74, 6) is 0.984. The number of hydrogen-bond donors (Lipinski definition) is 1. The Balaban J connectivity index is 2.88. The highest BCUT2D eigenvalue weighted by molar-refractivity contribution is 5.40. The summed E-state index contributed by atoms with van der Waals surface area (Å²) < 4.78 is 0. The fourth-order valence-electron chi connectivity index (χ4n) is 1.04. The van der Waals surface area contributed by atoms with Crippen molar-refractivity contribution in [3.8, 4) is 0 Å². The van der Waals surface area contributed by atoms with Crippen LogP contribution in [0, 0.1) is 0 Å². The maximum absolute atomic E-state index is 5.55. The molecular formula is C10H17N3. The third-order valence-electron chi connectivity index (χ3n) is 2.18. The van der Waals surface area contributed by atoms with Crippen molar-refractivity contribution in [2.24, 2.45) is 5.73 Å². The van der Waals surface area contributed by atoms with Gasteiger partial charge in [0.25, 0.3) is 0 Å². The number of aromatic nitrogens is 1. The van der Waals surface area contributed by atoms with Gasteiger partial charge in [0.05, 0.1) is 0 Å². The normalized spacial score (nSPS) is 10.5. The second-order valence-corrected chi connectivity index (χ2v) is 3.43. The van der Waals surface area contributed by atoms with Gasteiger partial charge in [0.2, 0.25) is 0 Å². The molecule has 0 spiro atoms. The van der Waals surface area contributed by atoms with Crippen molar-refractivity contribution in [3.63, 3.8) is 0 Å². The zero-order valence-corrected chi connectivity index (χ0v) is 8.49. The molecule has 2 N–H and O–H groups in total. The molecule has 0 fully saturated rings. The first-order valence-electron chi connectivity index (χ1n) is 4.53. The van der Waals surface area contributed by atoms with Crippen molar-refractivity contribution in [1.29, 1.82) is 0 Å². The number of pyridine rings is 1. The molecule has 3 heteroatoms. The third-order valence-corrected chi connectivity index (χ3v) is 2.18. The highest BCUT2D eigenvalue weighted by atomic mass is 15.2. The van der Waals surface area contributed by atoms with Gasteiger partial charge in [0.15, 0.2) is 0 Å². The average molecular weight is 179 g/mol. The van der Waals surface area contributed by atoms with Crippen molar-refractivity contribution in [2.75, 3.05) is 11.9 Å². The molecule has 1 aromatic rings. The lowest BCUT2D eigenvalue weighted by atomic mass is 10.2. The Bertz CT molecular complexity index is 271. The van der Waals surface area contributed by atoms with E-state index >= 15 is 0 Å². The molecule has 3 nitrogen and oxygen atoms in total. The van der Waals surface area contributed by atoms with Gasteiger partial charge < -0.3 is 10.6 Å². The number of rotatable bonds is 3. The molecule has 0 aliphatic rings. The molecule has 0 radical (unpaired) electrons. The predicted molar refractivity (Wildman–Crippen MR) is 55.7 cm³/mol. The summed E-state index contributed by atoms with van der Waals surface area (Å²) in [7, 11) is 2.04. The van der Waals surface area contributed by atoms with Gasteiger partial charge in [-0.1, -0.05) is 0 Å². The second kappa shape index (κ2) is 4.23.